The fourth-order valence-corrected chi connectivity index (χ4v) is 1.76. The van der Waals surface area contributed by atoms with E-state index in [0.717, 1.165) is 0 Å². The molecule has 0 saturated carbocycles. The largest absolute Gasteiger partial charge is 0.480 e. The summed E-state index contributed by atoms with van der Waals surface area (Å²) >= 11 is 32.9. The second-order valence-electron chi connectivity index (χ2n) is 4.60. The molecule has 1 rings (SSSR count). The minimum absolute atomic E-state index is 0.332. The van der Waals surface area contributed by atoms with Crippen LogP contribution in [0.2, 0.25) is 0 Å². The molecule has 0 spiro atoms. The molecule has 6 nitrogen and oxygen atoms in total. The minimum atomic E-state index is -1.93. The zero-order chi connectivity index (χ0) is 20.0. The highest BCUT2D eigenvalue weighted by Crippen LogP contribution is 2.28. The highest BCUT2D eigenvalue weighted by molar-refractivity contribution is 6.68. The second-order valence-corrected chi connectivity index (χ2v) is 9.63. The molecule has 1 aromatic carbocycles. The number of aliphatic hydroxyl groups excluding tert-OH is 1. The molecular formula is C14H11Cl6NO5. The van der Waals surface area contributed by atoms with E-state index in [1.54, 1.807) is 30.3 Å². The maximum atomic E-state index is 12.3. The van der Waals surface area contributed by atoms with Crippen LogP contribution < -0.4 is 5.32 Å². The summed E-state index contributed by atoms with van der Waals surface area (Å²) in [7, 11) is 0. The molecule has 12 heteroatoms. The number of nitrogens with one attached hydrogen (secondary N) is 1. The molecule has 0 fully saturated rings. The molecule has 0 aliphatic carbocycles. The first kappa shape index (κ1) is 23.3. The maximum absolute atomic E-state index is 12.3. The fraction of sp³-hybridized carbons (Fsp3) is 0.286. The lowest BCUT2D eigenvalue weighted by Gasteiger charge is -2.16. The molecule has 0 heterocycles. The van der Waals surface area contributed by atoms with Crippen molar-refractivity contribution in [3.63, 3.8) is 0 Å². The van der Waals surface area contributed by atoms with Crippen molar-refractivity contribution in [3.05, 3.63) is 41.9 Å². The van der Waals surface area contributed by atoms with Crippen LogP contribution in [0.25, 0.3) is 0 Å². The third-order valence-corrected chi connectivity index (χ3v) is 3.07. The lowest BCUT2D eigenvalue weighted by atomic mass is 10.2. The molecule has 0 aromatic heterocycles. The first-order valence-electron chi connectivity index (χ1n) is 6.62. The SMILES string of the molecule is O=C(Nc1ccccc1)/C(C(=O)OCC(Cl)(Cl)Cl)=C(/O)OCC(Cl)(Cl)Cl. The number of halogens is 6. The third-order valence-electron chi connectivity index (χ3n) is 2.42. The molecule has 0 aliphatic heterocycles. The van der Waals surface area contributed by atoms with E-state index in [4.69, 9.17) is 74.3 Å². The standard InChI is InChI=1S/C14H11Cl6NO5/c15-13(16,17)6-25-11(23)9(12(24)26-7-14(18,19)20)10(22)21-8-4-2-1-3-5-8/h1-5,23H,6-7H2,(H,21,22)/b11-9+. The summed E-state index contributed by atoms with van der Waals surface area (Å²) in [6, 6.07) is 8.07. The number of hydrogen-bond donors (Lipinski definition) is 2. The van der Waals surface area contributed by atoms with Crippen LogP contribution in [0.3, 0.4) is 0 Å². The second kappa shape index (κ2) is 9.97. The first-order valence-corrected chi connectivity index (χ1v) is 8.89. The summed E-state index contributed by atoms with van der Waals surface area (Å²) in [6.07, 6.45) is 0. The van der Waals surface area contributed by atoms with Gasteiger partial charge in [-0.05, 0) is 12.1 Å². The van der Waals surface area contributed by atoms with E-state index in [2.05, 4.69) is 10.1 Å². The van der Waals surface area contributed by atoms with Crippen LogP contribution in [0, 0.1) is 0 Å². The van der Waals surface area contributed by atoms with E-state index < -0.39 is 44.2 Å². The van der Waals surface area contributed by atoms with Gasteiger partial charge in [0.25, 0.3) is 11.9 Å². The van der Waals surface area contributed by atoms with E-state index in [0.29, 0.717) is 5.69 Å². The zero-order valence-electron chi connectivity index (χ0n) is 12.6. The minimum Gasteiger partial charge on any atom is -0.480 e. The number of hydrogen-bond acceptors (Lipinski definition) is 5. The van der Waals surface area contributed by atoms with Gasteiger partial charge in [-0.15, -0.1) is 0 Å². The van der Waals surface area contributed by atoms with E-state index in [9.17, 15) is 14.7 Å². The van der Waals surface area contributed by atoms with Crippen LogP contribution in [-0.2, 0) is 19.1 Å². The van der Waals surface area contributed by atoms with Crippen molar-refractivity contribution in [1.82, 2.24) is 0 Å². The van der Waals surface area contributed by atoms with Gasteiger partial charge in [0.05, 0.1) is 0 Å². The monoisotopic (exact) mass is 483 g/mol. The summed E-state index contributed by atoms with van der Waals surface area (Å²) in [5.41, 5.74) is -0.573. The summed E-state index contributed by atoms with van der Waals surface area (Å²) in [4.78, 5) is 24.5. The predicted molar refractivity (Wildman–Crippen MR) is 102 cm³/mol. The average Bonchev–Trinajstić information content (AvgIpc) is 2.51. The van der Waals surface area contributed by atoms with Gasteiger partial charge in [0.1, 0.15) is 13.2 Å². The number of esters is 1. The normalized spacial score (nSPS) is 12.8. The molecule has 1 aromatic rings. The molecule has 0 bridgehead atoms. The Hall–Kier alpha value is -0.760. The Kier molecular flexibility index (Phi) is 8.93. The quantitative estimate of drug-likeness (QED) is 0.152. The predicted octanol–water partition coefficient (Wildman–Crippen LogP) is 4.69. The van der Waals surface area contributed by atoms with Crippen LogP contribution in [-0.4, -0.2) is 37.8 Å². The van der Waals surface area contributed by atoms with Gasteiger partial charge >= 0.3 is 5.97 Å². The Morgan fingerprint density at radius 1 is 0.923 bits per heavy atom. The van der Waals surface area contributed by atoms with Gasteiger partial charge in [-0.2, -0.15) is 0 Å². The summed E-state index contributed by atoms with van der Waals surface area (Å²) < 4.78 is 5.62. The number of carbonyl (C=O) groups excluding carboxylic acids is 2. The van der Waals surface area contributed by atoms with E-state index in [1.165, 1.54) is 0 Å². The number of anilines is 1. The number of alkyl halides is 6. The number of rotatable bonds is 6. The smallest absolute Gasteiger partial charge is 0.351 e. The Morgan fingerprint density at radius 2 is 1.42 bits per heavy atom. The van der Waals surface area contributed by atoms with Gasteiger partial charge in [-0.1, -0.05) is 87.8 Å². The third kappa shape index (κ3) is 9.26. The molecule has 26 heavy (non-hydrogen) atoms. The lowest BCUT2D eigenvalue weighted by molar-refractivity contribution is -0.141. The lowest BCUT2D eigenvalue weighted by Crippen LogP contribution is -2.28. The molecule has 2 N–H and O–H groups in total. The molecule has 1 amide bonds. The summed E-state index contributed by atoms with van der Waals surface area (Å²) in [5.74, 6) is -3.49. The molecule has 144 valence electrons. The van der Waals surface area contributed by atoms with Gasteiger partial charge in [0.15, 0.2) is 0 Å². The molecule has 0 radical (unpaired) electrons. The van der Waals surface area contributed by atoms with Crippen molar-refractivity contribution in [3.8, 4) is 0 Å². The van der Waals surface area contributed by atoms with Crippen LogP contribution in [0.4, 0.5) is 5.69 Å². The number of ether oxygens (including phenoxy) is 2. The van der Waals surface area contributed by atoms with Crippen LogP contribution in [0.15, 0.2) is 41.9 Å². The summed E-state index contributed by atoms with van der Waals surface area (Å²) in [6.45, 7) is -1.33. The van der Waals surface area contributed by atoms with Crippen molar-refractivity contribution in [2.24, 2.45) is 0 Å². The Morgan fingerprint density at radius 3 is 1.92 bits per heavy atom. The van der Waals surface area contributed by atoms with Crippen molar-refractivity contribution in [1.29, 1.82) is 0 Å². The van der Waals surface area contributed by atoms with Crippen molar-refractivity contribution >= 4 is 87.2 Å². The van der Waals surface area contributed by atoms with Gasteiger partial charge in [0, 0.05) is 5.69 Å². The van der Waals surface area contributed by atoms with E-state index >= 15 is 0 Å². The van der Waals surface area contributed by atoms with Gasteiger partial charge in [-0.25, -0.2) is 4.79 Å². The highest BCUT2D eigenvalue weighted by Gasteiger charge is 2.31. The highest BCUT2D eigenvalue weighted by atomic mass is 35.6. The number of amides is 1. The zero-order valence-corrected chi connectivity index (χ0v) is 17.2. The number of para-hydroxylation sites is 1. The van der Waals surface area contributed by atoms with Crippen LogP contribution in [0.5, 0.6) is 0 Å². The number of benzene rings is 1. The molecule has 0 unspecified atom stereocenters. The molecular weight excluding hydrogens is 475 g/mol. The Labute approximate surface area is 178 Å². The van der Waals surface area contributed by atoms with E-state index in [1.807, 2.05) is 0 Å². The molecule has 0 atom stereocenters. The van der Waals surface area contributed by atoms with Crippen molar-refractivity contribution < 1.29 is 24.2 Å². The molecule has 0 aliphatic rings. The summed E-state index contributed by atoms with van der Waals surface area (Å²) in [5, 5.41) is 12.3. The number of aliphatic hydroxyl groups is 1. The number of carbonyl (C=O) groups is 2. The average molecular weight is 486 g/mol. The van der Waals surface area contributed by atoms with Crippen molar-refractivity contribution in [2.45, 2.75) is 7.59 Å². The van der Waals surface area contributed by atoms with Gasteiger partial charge < -0.3 is 19.9 Å². The first-order chi connectivity index (χ1) is 11.9. The van der Waals surface area contributed by atoms with E-state index in [-0.39, 0.29) is 0 Å². The maximum Gasteiger partial charge on any atom is 0.351 e. The van der Waals surface area contributed by atoms with Gasteiger partial charge in [-0.3, -0.25) is 4.79 Å². The topological polar surface area (TPSA) is 84.9 Å². The van der Waals surface area contributed by atoms with Crippen LogP contribution in [0.1, 0.15) is 0 Å². The van der Waals surface area contributed by atoms with Crippen molar-refractivity contribution in [2.75, 3.05) is 18.5 Å². The fourth-order valence-electron chi connectivity index (χ4n) is 1.43. The Bertz CT molecular complexity index is 669. The van der Waals surface area contributed by atoms with Crippen LogP contribution >= 0.6 is 69.6 Å². The molecule has 0 saturated heterocycles. The Balaban J connectivity index is 3.03. The van der Waals surface area contributed by atoms with Gasteiger partial charge in [0.2, 0.25) is 13.2 Å².